The standard InChI is InChI=1S/C23H22Cl2N4O2S/c1-2-3-4-5-12-31-17-9-6-15(7-10-17)21(30)26-22-27-23-29(28-22)20(14-32-23)18-11-8-16(24)13-19(18)25/h6-11,13-14H,2-5,12H2,1H3,(H,26,28,30). The summed E-state index contributed by atoms with van der Waals surface area (Å²) >= 11 is 13.7. The van der Waals surface area contributed by atoms with Crippen LogP contribution in [0.15, 0.2) is 47.8 Å². The zero-order valence-electron chi connectivity index (χ0n) is 17.5. The molecule has 1 amide bonds. The van der Waals surface area contributed by atoms with E-state index in [2.05, 4.69) is 22.3 Å². The smallest absolute Gasteiger partial charge is 0.258 e. The number of rotatable bonds is 9. The molecule has 0 aliphatic carbocycles. The first kappa shape index (κ1) is 22.6. The van der Waals surface area contributed by atoms with Crippen molar-refractivity contribution in [1.29, 1.82) is 0 Å². The average molecular weight is 489 g/mol. The van der Waals surface area contributed by atoms with Crippen molar-refractivity contribution in [2.24, 2.45) is 0 Å². The number of hydrogen-bond donors (Lipinski definition) is 1. The van der Waals surface area contributed by atoms with Crippen molar-refractivity contribution >= 4 is 51.4 Å². The van der Waals surface area contributed by atoms with E-state index in [4.69, 9.17) is 27.9 Å². The summed E-state index contributed by atoms with van der Waals surface area (Å²) < 4.78 is 7.39. The maximum atomic E-state index is 12.6. The summed E-state index contributed by atoms with van der Waals surface area (Å²) in [5.74, 6) is 0.691. The Labute approximate surface area is 200 Å². The Bertz CT molecular complexity index is 1220. The van der Waals surface area contributed by atoms with E-state index in [1.54, 1.807) is 40.9 Å². The molecule has 0 radical (unpaired) electrons. The molecule has 2 heterocycles. The third kappa shape index (κ3) is 5.23. The molecule has 2 aromatic heterocycles. The number of halogens is 2. The maximum Gasteiger partial charge on any atom is 0.258 e. The van der Waals surface area contributed by atoms with Gasteiger partial charge in [0.15, 0.2) is 0 Å². The molecule has 0 spiro atoms. The Morgan fingerprint density at radius 1 is 1.12 bits per heavy atom. The van der Waals surface area contributed by atoms with Crippen LogP contribution in [0.2, 0.25) is 10.0 Å². The van der Waals surface area contributed by atoms with Crippen LogP contribution in [0.3, 0.4) is 0 Å². The lowest BCUT2D eigenvalue weighted by molar-refractivity contribution is 0.102. The SMILES string of the molecule is CCCCCCOc1ccc(C(=O)Nc2nc3scc(-c4ccc(Cl)cc4Cl)n3n2)cc1. The predicted octanol–water partition coefficient (Wildman–Crippen LogP) is 6.98. The Morgan fingerprint density at radius 3 is 2.69 bits per heavy atom. The largest absolute Gasteiger partial charge is 0.494 e. The van der Waals surface area contributed by atoms with E-state index >= 15 is 0 Å². The topological polar surface area (TPSA) is 68.5 Å². The summed E-state index contributed by atoms with van der Waals surface area (Å²) in [4.78, 5) is 17.7. The minimum absolute atomic E-state index is 0.226. The number of benzene rings is 2. The number of nitrogens with zero attached hydrogens (tertiary/aromatic N) is 3. The first-order chi connectivity index (χ1) is 15.5. The lowest BCUT2D eigenvalue weighted by Gasteiger charge is -2.07. The molecule has 0 aliphatic heterocycles. The lowest BCUT2D eigenvalue weighted by atomic mass is 10.2. The summed E-state index contributed by atoms with van der Waals surface area (Å²) in [5, 5.41) is 10.2. The van der Waals surface area contributed by atoms with Crippen molar-refractivity contribution in [2.75, 3.05) is 11.9 Å². The van der Waals surface area contributed by atoms with Gasteiger partial charge < -0.3 is 4.74 Å². The van der Waals surface area contributed by atoms with E-state index < -0.39 is 0 Å². The first-order valence-electron chi connectivity index (χ1n) is 10.4. The molecular weight excluding hydrogens is 467 g/mol. The molecule has 0 bridgehead atoms. The fraction of sp³-hybridized carbons (Fsp3) is 0.261. The second-order valence-corrected chi connectivity index (χ2v) is 8.94. The third-order valence-electron chi connectivity index (χ3n) is 4.90. The number of anilines is 1. The quantitative estimate of drug-likeness (QED) is 0.258. The van der Waals surface area contributed by atoms with Crippen molar-refractivity contribution in [3.63, 3.8) is 0 Å². The molecule has 0 saturated carbocycles. The number of hydrogen-bond acceptors (Lipinski definition) is 5. The molecule has 0 unspecified atom stereocenters. The second kappa shape index (κ2) is 10.3. The van der Waals surface area contributed by atoms with Gasteiger partial charge in [0.25, 0.3) is 11.9 Å². The summed E-state index contributed by atoms with van der Waals surface area (Å²) in [5.41, 5.74) is 2.07. The van der Waals surface area contributed by atoms with Crippen LogP contribution in [0, 0.1) is 0 Å². The average Bonchev–Trinajstić information content (AvgIpc) is 3.34. The van der Waals surface area contributed by atoms with Crippen LogP contribution in [-0.2, 0) is 0 Å². The summed E-state index contributed by atoms with van der Waals surface area (Å²) in [6.07, 6.45) is 4.61. The van der Waals surface area contributed by atoms with Crippen LogP contribution in [0.4, 0.5) is 5.95 Å². The zero-order valence-corrected chi connectivity index (χ0v) is 19.8. The molecule has 0 atom stereocenters. The van der Waals surface area contributed by atoms with Gasteiger partial charge in [0, 0.05) is 21.5 Å². The highest BCUT2D eigenvalue weighted by molar-refractivity contribution is 7.15. The molecule has 32 heavy (non-hydrogen) atoms. The van der Waals surface area contributed by atoms with Crippen LogP contribution in [0.25, 0.3) is 16.2 Å². The molecule has 1 N–H and O–H groups in total. The van der Waals surface area contributed by atoms with Gasteiger partial charge in [-0.05, 0) is 48.9 Å². The van der Waals surface area contributed by atoms with Crippen LogP contribution in [0.1, 0.15) is 43.0 Å². The van der Waals surface area contributed by atoms with Crippen LogP contribution in [0.5, 0.6) is 5.75 Å². The van der Waals surface area contributed by atoms with E-state index in [1.807, 2.05) is 11.4 Å². The molecule has 6 nitrogen and oxygen atoms in total. The monoisotopic (exact) mass is 488 g/mol. The lowest BCUT2D eigenvalue weighted by Crippen LogP contribution is -2.13. The summed E-state index contributed by atoms with van der Waals surface area (Å²) in [7, 11) is 0. The molecular formula is C23H22Cl2N4O2S. The number of unbranched alkanes of at least 4 members (excludes halogenated alkanes) is 3. The maximum absolute atomic E-state index is 12.6. The number of carbonyl (C=O) groups excluding carboxylic acids is 1. The molecule has 0 saturated heterocycles. The van der Waals surface area contributed by atoms with E-state index in [-0.39, 0.29) is 11.9 Å². The Hall–Kier alpha value is -2.61. The highest BCUT2D eigenvalue weighted by Crippen LogP contribution is 2.33. The van der Waals surface area contributed by atoms with Crippen LogP contribution >= 0.6 is 34.5 Å². The van der Waals surface area contributed by atoms with E-state index in [9.17, 15) is 4.79 Å². The van der Waals surface area contributed by atoms with Gasteiger partial charge in [0.1, 0.15) is 5.75 Å². The van der Waals surface area contributed by atoms with E-state index in [1.165, 1.54) is 24.2 Å². The van der Waals surface area contributed by atoms with Gasteiger partial charge in [-0.2, -0.15) is 4.98 Å². The van der Waals surface area contributed by atoms with Crippen LogP contribution < -0.4 is 10.1 Å². The summed E-state index contributed by atoms with van der Waals surface area (Å²) in [6.45, 7) is 2.86. The molecule has 4 aromatic rings. The molecule has 0 fully saturated rings. The number of aromatic nitrogens is 3. The second-order valence-electron chi connectivity index (χ2n) is 7.26. The molecule has 0 aliphatic rings. The fourth-order valence-electron chi connectivity index (χ4n) is 3.21. The van der Waals surface area contributed by atoms with Crippen molar-refractivity contribution < 1.29 is 9.53 Å². The first-order valence-corrected chi connectivity index (χ1v) is 12.0. The Morgan fingerprint density at radius 2 is 1.94 bits per heavy atom. The van der Waals surface area contributed by atoms with Crippen molar-refractivity contribution in [2.45, 2.75) is 32.6 Å². The van der Waals surface area contributed by atoms with Gasteiger partial charge in [0.05, 0.1) is 17.3 Å². The van der Waals surface area contributed by atoms with Gasteiger partial charge >= 0.3 is 0 Å². The number of fused-ring (bicyclic) bond motifs is 1. The van der Waals surface area contributed by atoms with Gasteiger partial charge in [-0.3, -0.25) is 10.1 Å². The van der Waals surface area contributed by atoms with Gasteiger partial charge in [-0.15, -0.1) is 16.4 Å². The minimum Gasteiger partial charge on any atom is -0.494 e. The van der Waals surface area contributed by atoms with Crippen molar-refractivity contribution in [1.82, 2.24) is 14.6 Å². The Kier molecular flexibility index (Phi) is 7.29. The van der Waals surface area contributed by atoms with Crippen molar-refractivity contribution in [3.8, 4) is 17.0 Å². The number of amides is 1. The number of carbonyl (C=O) groups is 1. The minimum atomic E-state index is -0.288. The van der Waals surface area contributed by atoms with Crippen LogP contribution in [-0.4, -0.2) is 27.1 Å². The number of ether oxygens (including phenoxy) is 1. The highest BCUT2D eigenvalue weighted by Gasteiger charge is 2.16. The van der Waals surface area contributed by atoms with Crippen molar-refractivity contribution in [3.05, 3.63) is 63.5 Å². The molecule has 2 aromatic carbocycles. The highest BCUT2D eigenvalue weighted by atomic mass is 35.5. The predicted molar refractivity (Wildman–Crippen MR) is 130 cm³/mol. The van der Waals surface area contributed by atoms with Gasteiger partial charge in [0.2, 0.25) is 4.96 Å². The molecule has 9 heteroatoms. The van der Waals surface area contributed by atoms with Gasteiger partial charge in [-0.25, -0.2) is 4.52 Å². The molecule has 166 valence electrons. The normalized spacial score (nSPS) is 11.1. The van der Waals surface area contributed by atoms with E-state index in [0.29, 0.717) is 27.2 Å². The summed E-state index contributed by atoms with van der Waals surface area (Å²) in [6, 6.07) is 12.3. The fourth-order valence-corrected chi connectivity index (χ4v) is 4.54. The third-order valence-corrected chi connectivity index (χ3v) is 6.26. The Balaban J connectivity index is 1.42. The van der Waals surface area contributed by atoms with E-state index in [0.717, 1.165) is 29.8 Å². The zero-order chi connectivity index (χ0) is 22.5. The number of nitrogens with one attached hydrogen (secondary N) is 1. The molecule has 4 rings (SSSR count). The number of thiazole rings is 1. The van der Waals surface area contributed by atoms with Gasteiger partial charge in [-0.1, -0.05) is 49.4 Å².